The topological polar surface area (TPSA) is 244 Å². The fraction of sp³-hybridized carbons (Fsp3) is 0.524. The molecule has 0 aromatic carbocycles. The molecule has 4 aromatic rings. The minimum absolute atomic E-state index is 0.0321. The van der Waals surface area contributed by atoms with Gasteiger partial charge in [0.2, 0.25) is 5.95 Å². The summed E-state index contributed by atoms with van der Waals surface area (Å²) < 4.78 is 34.9. The number of hydrogen-bond acceptors (Lipinski definition) is 14. The minimum Gasteiger partial charge on any atom is -0.396 e. The van der Waals surface area contributed by atoms with Crippen LogP contribution in [-0.4, -0.2) is 86.4 Å². The van der Waals surface area contributed by atoms with Crippen LogP contribution in [-0.2, 0) is 18.6 Å². The highest BCUT2D eigenvalue weighted by molar-refractivity contribution is 8.46. The number of ether oxygens (including phenoxy) is 2. The zero-order valence-electron chi connectivity index (χ0n) is 20.8. The van der Waals surface area contributed by atoms with Crippen molar-refractivity contribution in [2.75, 3.05) is 24.7 Å². The first-order valence-electron chi connectivity index (χ1n) is 12.4. The summed E-state index contributed by atoms with van der Waals surface area (Å²) in [4.78, 5) is 35.3. The van der Waals surface area contributed by atoms with Gasteiger partial charge in [0, 0.05) is 13.0 Å². The average Bonchev–Trinajstić information content (AvgIpc) is 3.68. The van der Waals surface area contributed by atoms with Gasteiger partial charge in [0.25, 0.3) is 12.1 Å². The lowest BCUT2D eigenvalue weighted by Gasteiger charge is -2.26. The van der Waals surface area contributed by atoms with Crippen LogP contribution >= 0.6 is 18.8 Å². The van der Waals surface area contributed by atoms with E-state index in [9.17, 15) is 19.6 Å². The zero-order valence-corrected chi connectivity index (χ0v) is 22.6. The number of hydrogen-bond donors (Lipinski definition) is 6. The summed E-state index contributed by atoms with van der Waals surface area (Å²) in [5.41, 5.74) is 11.3. The number of aliphatic hydroxyl groups excluding tert-OH is 2. The molecule has 7 atom stereocenters. The van der Waals surface area contributed by atoms with E-state index in [0.29, 0.717) is 11.2 Å². The third-order valence-corrected chi connectivity index (χ3v) is 10.1. The first-order valence-corrected chi connectivity index (χ1v) is 15.2. The van der Waals surface area contributed by atoms with E-state index in [0.717, 1.165) is 0 Å². The van der Waals surface area contributed by atoms with E-state index in [1.165, 1.54) is 23.5 Å². The van der Waals surface area contributed by atoms with Gasteiger partial charge in [-0.3, -0.25) is 23.5 Å². The van der Waals surface area contributed by atoms with E-state index in [-0.39, 0.29) is 55.4 Å². The molecule has 19 heteroatoms. The van der Waals surface area contributed by atoms with E-state index in [1.54, 1.807) is 4.57 Å². The minimum atomic E-state index is -3.76. The largest absolute Gasteiger partial charge is 0.396 e. The summed E-state index contributed by atoms with van der Waals surface area (Å²) in [5, 5.41) is 20.2. The predicted molar refractivity (Wildman–Crippen MR) is 143 cm³/mol. The second-order valence-corrected chi connectivity index (χ2v) is 13.3. The first kappa shape index (κ1) is 27.1. The quantitative estimate of drug-likeness (QED) is 0.116. The molecule has 4 aromatic heterocycles. The molecule has 7 N–H and O–H groups in total. The standard InChI is InChI=1S/C21H27N10O7PS/c22-16-14-17(25-6-24-16)30(7-26-14)13-4-10(33)11(38-13)5-36-39(35,40)12-3-9(1-2-32)37-20(12)31-8-27-15-18(31)28-21(23)29-19(15)34/h6-13,20,32-33H,1-5H2,(H,35,40)(H2,22,24,25)(H3,23,28,29,34)/t9-,10+,11?,12-,13-,20-,39-/m1/s1. The molecule has 6 heterocycles. The van der Waals surface area contributed by atoms with Crippen molar-refractivity contribution in [2.45, 2.75) is 55.7 Å². The smallest absolute Gasteiger partial charge is 0.280 e. The van der Waals surface area contributed by atoms with E-state index in [4.69, 9.17) is 25.5 Å². The lowest BCUT2D eigenvalue weighted by molar-refractivity contribution is -0.0381. The van der Waals surface area contributed by atoms with Crippen LogP contribution in [0.25, 0.3) is 22.3 Å². The van der Waals surface area contributed by atoms with Crippen LogP contribution in [0, 0.1) is 0 Å². The van der Waals surface area contributed by atoms with Gasteiger partial charge in [-0.1, -0.05) is 12.2 Å². The Kier molecular flexibility index (Phi) is 7.02. The molecular formula is C21H27N10O7PS. The Balaban J connectivity index is 1.21. The van der Waals surface area contributed by atoms with Gasteiger partial charge in [0.15, 0.2) is 22.6 Å². The lowest BCUT2D eigenvalue weighted by atomic mass is 10.2. The number of aromatic nitrogens is 8. The molecule has 0 spiro atoms. The highest BCUT2D eigenvalue weighted by Gasteiger charge is 2.48. The van der Waals surface area contributed by atoms with Gasteiger partial charge < -0.3 is 35.7 Å². The van der Waals surface area contributed by atoms with Gasteiger partial charge in [0.05, 0.1) is 37.1 Å². The van der Waals surface area contributed by atoms with Gasteiger partial charge in [-0.05, 0) is 12.8 Å². The Hall–Kier alpha value is -3.12. The number of H-pyrrole nitrogens is 1. The molecule has 2 fully saturated rings. The summed E-state index contributed by atoms with van der Waals surface area (Å²) in [6, 6.07) is 0. The van der Waals surface area contributed by atoms with Crippen LogP contribution in [0.1, 0.15) is 31.7 Å². The number of nitrogen functional groups attached to an aromatic ring is 2. The summed E-state index contributed by atoms with van der Waals surface area (Å²) in [6.07, 6.45) is 1.10. The molecule has 2 aliphatic rings. The van der Waals surface area contributed by atoms with Gasteiger partial charge >= 0.3 is 0 Å². The Bertz CT molecular complexity index is 1660. The van der Waals surface area contributed by atoms with Crippen molar-refractivity contribution in [3.8, 4) is 0 Å². The monoisotopic (exact) mass is 594 g/mol. The lowest BCUT2D eigenvalue weighted by Crippen LogP contribution is -2.27. The average molecular weight is 595 g/mol. The number of aromatic amines is 1. The van der Waals surface area contributed by atoms with Crippen molar-refractivity contribution in [3.63, 3.8) is 0 Å². The Morgan fingerprint density at radius 2 is 1.90 bits per heavy atom. The maximum Gasteiger partial charge on any atom is 0.280 e. The normalized spacial score (nSPS) is 28.5. The summed E-state index contributed by atoms with van der Waals surface area (Å²) >= 11 is 4.42. The fourth-order valence-electron chi connectivity index (χ4n) is 5.13. The van der Waals surface area contributed by atoms with Gasteiger partial charge in [-0.2, -0.15) is 4.98 Å². The first-order chi connectivity index (χ1) is 19.2. The zero-order chi connectivity index (χ0) is 28.2. The van der Waals surface area contributed by atoms with Gasteiger partial charge in [-0.15, -0.1) is 0 Å². The highest BCUT2D eigenvalue weighted by Crippen LogP contribution is 2.64. The van der Waals surface area contributed by atoms with Crippen molar-refractivity contribution in [3.05, 3.63) is 29.3 Å². The van der Waals surface area contributed by atoms with Gasteiger partial charge in [-0.25, -0.2) is 19.9 Å². The number of nitrogens with one attached hydrogen (secondary N) is 1. The number of nitrogens with zero attached hydrogens (tertiary/aromatic N) is 7. The second-order valence-electron chi connectivity index (χ2n) is 9.61. The van der Waals surface area contributed by atoms with Crippen molar-refractivity contribution < 1.29 is 28.8 Å². The molecule has 2 aliphatic heterocycles. The molecule has 1 unspecified atom stereocenters. The Labute approximate surface area is 230 Å². The summed E-state index contributed by atoms with van der Waals surface area (Å²) in [6.45, 7) is -4.14. The second kappa shape index (κ2) is 10.4. The van der Waals surface area contributed by atoms with Crippen LogP contribution in [0.4, 0.5) is 11.8 Å². The van der Waals surface area contributed by atoms with E-state index >= 15 is 0 Å². The molecular weight excluding hydrogens is 567 g/mol. The fourth-order valence-corrected chi connectivity index (χ4v) is 7.54. The van der Waals surface area contributed by atoms with Crippen LogP contribution in [0.15, 0.2) is 23.8 Å². The third-order valence-electron chi connectivity index (χ3n) is 7.09. The summed E-state index contributed by atoms with van der Waals surface area (Å²) in [5.74, 6) is 0.104. The van der Waals surface area contributed by atoms with Crippen molar-refractivity contribution in [1.82, 2.24) is 39.0 Å². The molecule has 17 nitrogen and oxygen atoms in total. The van der Waals surface area contributed by atoms with E-state index < -0.39 is 48.6 Å². The number of nitrogens with two attached hydrogens (primary N) is 2. The number of thiol groups is 1. The maximum atomic E-state index is 13.9. The van der Waals surface area contributed by atoms with E-state index in [2.05, 4.69) is 42.2 Å². The predicted octanol–water partition coefficient (Wildman–Crippen LogP) is -0.0497. The number of aliphatic hydroxyl groups is 2. The number of imidazole rings is 2. The van der Waals surface area contributed by atoms with Crippen molar-refractivity contribution >= 4 is 52.9 Å². The maximum absolute atomic E-state index is 13.9. The molecule has 2 saturated heterocycles. The molecule has 214 valence electrons. The highest BCUT2D eigenvalue weighted by atomic mass is 32.7. The molecule has 40 heavy (non-hydrogen) atoms. The molecule has 0 bridgehead atoms. The van der Waals surface area contributed by atoms with Crippen molar-refractivity contribution in [1.29, 1.82) is 0 Å². The number of anilines is 2. The molecule has 0 radical (unpaired) electrons. The SMILES string of the molecule is Nc1nc2c(ncn2[C@@H]2O[C@H](CCO)C[C@H]2[P@](=O)(S)OCC2O[C@@H](n3cnc4c(N)ncnc43)C[C@@H]2O)c(=O)[nH]1. The Morgan fingerprint density at radius 1 is 1.12 bits per heavy atom. The van der Waals surface area contributed by atoms with Crippen LogP contribution in [0.5, 0.6) is 0 Å². The molecule has 0 aliphatic carbocycles. The number of rotatable bonds is 8. The van der Waals surface area contributed by atoms with Crippen molar-refractivity contribution in [2.24, 2.45) is 0 Å². The molecule has 0 saturated carbocycles. The Morgan fingerprint density at radius 3 is 2.70 bits per heavy atom. The summed E-state index contributed by atoms with van der Waals surface area (Å²) in [7, 11) is 0. The number of fused-ring (bicyclic) bond motifs is 2. The van der Waals surface area contributed by atoms with Gasteiger partial charge in [0.1, 0.15) is 30.4 Å². The van der Waals surface area contributed by atoms with Crippen LogP contribution in [0.3, 0.4) is 0 Å². The molecule has 6 rings (SSSR count). The van der Waals surface area contributed by atoms with Crippen LogP contribution < -0.4 is 17.0 Å². The third kappa shape index (κ3) is 4.74. The van der Waals surface area contributed by atoms with Crippen LogP contribution in [0.2, 0.25) is 0 Å². The van der Waals surface area contributed by atoms with E-state index in [1.807, 2.05) is 0 Å². The molecule has 0 amide bonds.